The van der Waals surface area contributed by atoms with Gasteiger partial charge in [0.1, 0.15) is 5.76 Å². The first-order chi connectivity index (χ1) is 13.0. The van der Waals surface area contributed by atoms with Gasteiger partial charge in [0.15, 0.2) is 0 Å². The van der Waals surface area contributed by atoms with Gasteiger partial charge in [0.05, 0.1) is 17.7 Å². The average Bonchev–Trinajstić information content (AvgIpc) is 3.21. The molecule has 5 nitrogen and oxygen atoms in total. The molecule has 0 spiro atoms. The lowest BCUT2D eigenvalue weighted by Gasteiger charge is -2.21. The number of sulfonamides is 1. The fraction of sp³-hybridized carbons (Fsp3) is 0.286. The maximum Gasteiger partial charge on any atom is 0.243 e. The van der Waals surface area contributed by atoms with Crippen LogP contribution in [0.4, 0.5) is 0 Å². The van der Waals surface area contributed by atoms with Crippen molar-refractivity contribution in [3.8, 4) is 0 Å². The lowest BCUT2D eigenvalue weighted by atomic mass is 9.99. The van der Waals surface area contributed by atoms with Gasteiger partial charge in [0.2, 0.25) is 10.0 Å². The predicted molar refractivity (Wildman–Crippen MR) is 105 cm³/mol. The molecule has 2 aromatic heterocycles. The summed E-state index contributed by atoms with van der Waals surface area (Å²) in [6.07, 6.45) is 5.90. The molecule has 0 aliphatic rings. The van der Waals surface area contributed by atoms with E-state index in [0.29, 0.717) is 11.7 Å². The van der Waals surface area contributed by atoms with Crippen LogP contribution in [0.1, 0.15) is 43.1 Å². The largest absolute Gasteiger partial charge is 0.468 e. The van der Waals surface area contributed by atoms with Crippen molar-refractivity contribution in [2.45, 2.75) is 44.2 Å². The summed E-state index contributed by atoms with van der Waals surface area (Å²) in [5.41, 5.74) is 1.96. The van der Waals surface area contributed by atoms with Gasteiger partial charge in [-0.15, -0.1) is 0 Å². The summed E-state index contributed by atoms with van der Waals surface area (Å²) in [6, 6.07) is 14.4. The first-order valence-corrected chi connectivity index (χ1v) is 10.5. The van der Waals surface area contributed by atoms with Crippen LogP contribution in [0.25, 0.3) is 0 Å². The molecular weight excluding hydrogens is 360 g/mol. The van der Waals surface area contributed by atoms with Crippen LogP contribution < -0.4 is 0 Å². The fourth-order valence-electron chi connectivity index (χ4n) is 2.85. The third-order valence-corrected chi connectivity index (χ3v) is 6.50. The van der Waals surface area contributed by atoms with E-state index in [9.17, 15) is 8.42 Å². The Hall–Kier alpha value is -2.44. The van der Waals surface area contributed by atoms with Crippen molar-refractivity contribution in [2.75, 3.05) is 0 Å². The SMILES string of the molecule is CCC(C)c1ccc(S(=O)(=O)N(Cc2cccnc2)Cc2ccco2)cc1. The highest BCUT2D eigenvalue weighted by molar-refractivity contribution is 7.89. The molecule has 27 heavy (non-hydrogen) atoms. The molecule has 6 heteroatoms. The van der Waals surface area contributed by atoms with Gasteiger partial charge >= 0.3 is 0 Å². The number of pyridine rings is 1. The quantitative estimate of drug-likeness (QED) is 0.570. The summed E-state index contributed by atoms with van der Waals surface area (Å²) in [7, 11) is -3.68. The van der Waals surface area contributed by atoms with E-state index in [-0.39, 0.29) is 18.0 Å². The van der Waals surface area contributed by atoms with Crippen LogP contribution in [0.5, 0.6) is 0 Å². The molecule has 142 valence electrons. The molecule has 1 unspecified atom stereocenters. The van der Waals surface area contributed by atoms with E-state index >= 15 is 0 Å². The third-order valence-electron chi connectivity index (χ3n) is 4.69. The minimum Gasteiger partial charge on any atom is -0.468 e. The maximum atomic E-state index is 13.3. The second kappa shape index (κ2) is 8.50. The standard InChI is InChI=1S/C21H24N2O3S/c1-3-17(2)19-8-10-21(11-9-19)27(24,25)23(16-20-7-5-13-26-20)15-18-6-4-12-22-14-18/h4-14,17H,3,15-16H2,1-2H3. The Morgan fingerprint density at radius 2 is 1.85 bits per heavy atom. The van der Waals surface area contributed by atoms with E-state index < -0.39 is 10.0 Å². The molecule has 0 radical (unpaired) electrons. The lowest BCUT2D eigenvalue weighted by molar-refractivity contribution is 0.358. The number of benzene rings is 1. The third kappa shape index (κ3) is 4.64. The van der Waals surface area contributed by atoms with E-state index in [0.717, 1.165) is 17.5 Å². The van der Waals surface area contributed by atoms with Crippen molar-refractivity contribution < 1.29 is 12.8 Å². The molecule has 0 amide bonds. The Morgan fingerprint density at radius 3 is 2.44 bits per heavy atom. The topological polar surface area (TPSA) is 63.4 Å². The van der Waals surface area contributed by atoms with E-state index in [1.165, 1.54) is 4.31 Å². The van der Waals surface area contributed by atoms with E-state index in [2.05, 4.69) is 18.8 Å². The van der Waals surface area contributed by atoms with Gasteiger partial charge in [-0.05, 0) is 53.8 Å². The minimum atomic E-state index is -3.68. The van der Waals surface area contributed by atoms with Crippen molar-refractivity contribution >= 4 is 10.0 Å². The zero-order valence-corrected chi connectivity index (χ0v) is 16.4. The summed E-state index contributed by atoms with van der Waals surface area (Å²) in [5.74, 6) is 0.995. The zero-order valence-electron chi connectivity index (χ0n) is 15.6. The van der Waals surface area contributed by atoms with Crippen LogP contribution in [0.2, 0.25) is 0 Å². The van der Waals surface area contributed by atoms with Gasteiger partial charge in [0, 0.05) is 18.9 Å². The van der Waals surface area contributed by atoms with Crippen molar-refractivity contribution in [3.63, 3.8) is 0 Å². The second-order valence-corrected chi connectivity index (χ2v) is 8.53. The molecule has 0 saturated carbocycles. The molecule has 0 bridgehead atoms. The Kier molecular flexibility index (Phi) is 6.08. The molecule has 1 aromatic carbocycles. The first-order valence-electron chi connectivity index (χ1n) is 9.02. The highest BCUT2D eigenvalue weighted by Gasteiger charge is 2.26. The summed E-state index contributed by atoms with van der Waals surface area (Å²) in [5, 5.41) is 0. The van der Waals surface area contributed by atoms with E-state index in [1.807, 2.05) is 18.2 Å². The van der Waals surface area contributed by atoms with Gasteiger partial charge in [-0.3, -0.25) is 4.98 Å². The lowest BCUT2D eigenvalue weighted by Crippen LogP contribution is -2.30. The molecule has 0 aliphatic carbocycles. The van der Waals surface area contributed by atoms with Crippen LogP contribution in [-0.2, 0) is 23.1 Å². The van der Waals surface area contributed by atoms with Crippen molar-refractivity contribution in [1.82, 2.24) is 9.29 Å². The molecule has 1 atom stereocenters. The Bertz CT molecular complexity index is 937. The number of rotatable bonds is 8. The Balaban J connectivity index is 1.91. The Labute approximate surface area is 160 Å². The number of nitrogens with zero attached hydrogens (tertiary/aromatic N) is 2. The molecule has 0 N–H and O–H groups in total. The van der Waals surface area contributed by atoms with E-state index in [1.54, 1.807) is 49.0 Å². The fourth-order valence-corrected chi connectivity index (χ4v) is 4.25. The summed E-state index contributed by atoms with van der Waals surface area (Å²) in [4.78, 5) is 4.37. The summed E-state index contributed by atoms with van der Waals surface area (Å²) < 4.78 is 33.3. The zero-order chi connectivity index (χ0) is 19.3. The van der Waals surface area contributed by atoms with Crippen molar-refractivity contribution in [3.05, 3.63) is 84.1 Å². The minimum absolute atomic E-state index is 0.164. The molecule has 0 aliphatic heterocycles. The number of hydrogen-bond acceptors (Lipinski definition) is 4. The summed E-state index contributed by atoms with van der Waals surface area (Å²) >= 11 is 0. The van der Waals surface area contributed by atoms with Crippen LogP contribution in [-0.4, -0.2) is 17.7 Å². The normalized spacial score (nSPS) is 13.0. The number of hydrogen-bond donors (Lipinski definition) is 0. The molecule has 3 aromatic rings. The van der Waals surface area contributed by atoms with Crippen LogP contribution in [0.15, 0.2) is 76.5 Å². The highest BCUT2D eigenvalue weighted by atomic mass is 32.2. The van der Waals surface area contributed by atoms with Crippen molar-refractivity contribution in [2.24, 2.45) is 0 Å². The number of furan rings is 1. The van der Waals surface area contributed by atoms with Gasteiger partial charge in [0.25, 0.3) is 0 Å². The maximum absolute atomic E-state index is 13.3. The van der Waals surface area contributed by atoms with Gasteiger partial charge in [-0.1, -0.05) is 32.0 Å². The molecule has 3 rings (SSSR count). The molecule has 0 fully saturated rings. The Morgan fingerprint density at radius 1 is 1.07 bits per heavy atom. The van der Waals surface area contributed by atoms with Crippen LogP contribution in [0.3, 0.4) is 0 Å². The van der Waals surface area contributed by atoms with Gasteiger partial charge < -0.3 is 4.42 Å². The average molecular weight is 385 g/mol. The second-order valence-electron chi connectivity index (χ2n) is 6.59. The van der Waals surface area contributed by atoms with Gasteiger partial charge in [-0.2, -0.15) is 4.31 Å². The van der Waals surface area contributed by atoms with Crippen molar-refractivity contribution in [1.29, 1.82) is 0 Å². The smallest absolute Gasteiger partial charge is 0.243 e. The number of aromatic nitrogens is 1. The van der Waals surface area contributed by atoms with Crippen LogP contribution in [0, 0.1) is 0 Å². The molecule has 0 saturated heterocycles. The first kappa shape index (κ1) is 19.3. The molecule has 2 heterocycles. The van der Waals surface area contributed by atoms with Gasteiger partial charge in [-0.25, -0.2) is 8.42 Å². The van der Waals surface area contributed by atoms with E-state index in [4.69, 9.17) is 4.42 Å². The monoisotopic (exact) mass is 384 g/mol. The molecular formula is C21H24N2O3S. The summed E-state index contributed by atoms with van der Waals surface area (Å²) in [6.45, 7) is 4.64. The van der Waals surface area contributed by atoms with Crippen LogP contribution >= 0.6 is 0 Å². The highest BCUT2D eigenvalue weighted by Crippen LogP contribution is 2.24. The predicted octanol–water partition coefficient (Wildman–Crippen LogP) is 4.58.